The second kappa shape index (κ2) is 4.79. The van der Waals surface area contributed by atoms with Crippen LogP contribution in [-0.2, 0) is 11.2 Å². The van der Waals surface area contributed by atoms with Gasteiger partial charge in [0, 0.05) is 35.0 Å². The first-order chi connectivity index (χ1) is 11.3. The molecule has 5 rings (SSSR count). The fourth-order valence-corrected chi connectivity index (χ4v) is 4.70. The lowest BCUT2D eigenvalue weighted by Crippen LogP contribution is -2.46. The molecule has 1 N–H and O–H groups in total. The van der Waals surface area contributed by atoms with Gasteiger partial charge in [0.15, 0.2) is 0 Å². The topological polar surface area (TPSA) is 47.3 Å². The molecule has 4 heteroatoms. The summed E-state index contributed by atoms with van der Waals surface area (Å²) in [5.41, 5.74) is 3.67. The highest BCUT2D eigenvalue weighted by Gasteiger charge is 2.43. The monoisotopic (exact) mass is 308 g/mol. The average Bonchev–Trinajstić information content (AvgIpc) is 2.92. The molecule has 23 heavy (non-hydrogen) atoms. The molecule has 1 aromatic carbocycles. The predicted molar refractivity (Wildman–Crippen MR) is 89.5 cm³/mol. The zero-order valence-corrected chi connectivity index (χ0v) is 13.1. The third-order valence-corrected chi connectivity index (χ3v) is 5.84. The van der Waals surface area contributed by atoms with Crippen molar-refractivity contribution in [3.05, 3.63) is 42.2 Å². The van der Waals surface area contributed by atoms with E-state index in [2.05, 4.69) is 46.8 Å². The first-order valence-corrected chi connectivity index (χ1v) is 8.38. The van der Waals surface area contributed by atoms with Crippen molar-refractivity contribution in [1.82, 2.24) is 9.55 Å². The second-order valence-electron chi connectivity index (χ2n) is 6.86. The van der Waals surface area contributed by atoms with Gasteiger partial charge in [-0.15, -0.1) is 0 Å². The van der Waals surface area contributed by atoms with E-state index in [1.165, 1.54) is 21.8 Å². The van der Waals surface area contributed by atoms with Crippen molar-refractivity contribution in [2.45, 2.75) is 25.5 Å². The molecule has 0 amide bonds. The van der Waals surface area contributed by atoms with Crippen molar-refractivity contribution in [2.75, 3.05) is 13.2 Å². The van der Waals surface area contributed by atoms with Crippen molar-refractivity contribution < 1.29 is 9.84 Å². The molecule has 2 aliphatic heterocycles. The number of ether oxygens (including phenoxy) is 1. The molecule has 0 saturated carbocycles. The molecule has 4 atom stereocenters. The summed E-state index contributed by atoms with van der Waals surface area (Å²) in [6.07, 6.45) is 2.95. The standard InChI is InChI=1S/C19H20N2O2/c1-11-15(9-22)14-8-16-19-13(6-7-20-16)12-4-2-3-5-17(12)21(19)18(14)10-23-11/h2-7,11,14-15,18,22H,8-10H2,1H3/t11-,14+,15+,18-/m1/s1. The Balaban J connectivity index is 1.83. The molecule has 1 fully saturated rings. The molecule has 1 saturated heterocycles. The molecule has 4 heterocycles. The predicted octanol–water partition coefficient (Wildman–Crippen LogP) is 2.93. The molecule has 0 unspecified atom stereocenters. The van der Waals surface area contributed by atoms with Crippen LogP contribution in [0.1, 0.15) is 18.7 Å². The van der Waals surface area contributed by atoms with Crippen molar-refractivity contribution in [2.24, 2.45) is 11.8 Å². The zero-order chi connectivity index (χ0) is 15.6. The van der Waals surface area contributed by atoms with Crippen molar-refractivity contribution >= 4 is 21.8 Å². The van der Waals surface area contributed by atoms with Crippen LogP contribution in [0.5, 0.6) is 0 Å². The van der Waals surface area contributed by atoms with Gasteiger partial charge < -0.3 is 14.4 Å². The number of hydrogen-bond donors (Lipinski definition) is 1. The van der Waals surface area contributed by atoms with Crippen molar-refractivity contribution in [1.29, 1.82) is 0 Å². The highest BCUT2D eigenvalue weighted by molar-refractivity contribution is 6.09. The molecular weight excluding hydrogens is 288 g/mol. The smallest absolute Gasteiger partial charge is 0.0714 e. The molecule has 3 aromatic rings. The zero-order valence-electron chi connectivity index (χ0n) is 13.1. The van der Waals surface area contributed by atoms with Crippen LogP contribution in [0.2, 0.25) is 0 Å². The van der Waals surface area contributed by atoms with Gasteiger partial charge in [0.2, 0.25) is 0 Å². The normalized spacial score (nSPS) is 29.8. The maximum Gasteiger partial charge on any atom is 0.0714 e. The summed E-state index contributed by atoms with van der Waals surface area (Å²) in [5, 5.41) is 12.5. The SMILES string of the molecule is C[C@H]1OC[C@@H]2[C@@H](Cc3nccc4c5ccccc5n2c34)[C@H]1CO. The molecule has 2 aliphatic rings. The number of para-hydroxylation sites is 1. The van der Waals surface area contributed by atoms with Gasteiger partial charge in [-0.05, 0) is 31.4 Å². The first kappa shape index (κ1) is 13.5. The van der Waals surface area contributed by atoms with Gasteiger partial charge in [-0.2, -0.15) is 0 Å². The lowest BCUT2D eigenvalue weighted by molar-refractivity contribution is -0.0928. The van der Waals surface area contributed by atoms with Crippen LogP contribution in [0.4, 0.5) is 0 Å². The third kappa shape index (κ3) is 1.71. The van der Waals surface area contributed by atoms with Gasteiger partial charge in [-0.3, -0.25) is 4.98 Å². The Bertz CT molecular complexity index is 901. The largest absolute Gasteiger partial charge is 0.396 e. The summed E-state index contributed by atoms with van der Waals surface area (Å²) < 4.78 is 8.44. The van der Waals surface area contributed by atoms with E-state index in [9.17, 15) is 5.11 Å². The van der Waals surface area contributed by atoms with Gasteiger partial charge in [-0.25, -0.2) is 0 Å². The number of aliphatic hydroxyl groups excluding tert-OH is 1. The Labute approximate surface area is 134 Å². The number of rotatable bonds is 1. The lowest BCUT2D eigenvalue weighted by Gasteiger charge is -2.44. The van der Waals surface area contributed by atoms with Gasteiger partial charge in [-0.1, -0.05) is 18.2 Å². The Morgan fingerprint density at radius 1 is 1.26 bits per heavy atom. The first-order valence-electron chi connectivity index (χ1n) is 8.38. The molecule has 2 aromatic heterocycles. The highest BCUT2D eigenvalue weighted by Crippen LogP contribution is 2.45. The maximum absolute atomic E-state index is 9.90. The number of pyridine rings is 1. The molecule has 0 spiro atoms. The summed E-state index contributed by atoms with van der Waals surface area (Å²) >= 11 is 0. The number of nitrogens with zero attached hydrogens (tertiary/aromatic N) is 2. The summed E-state index contributed by atoms with van der Waals surface area (Å²) in [6.45, 7) is 2.96. The molecule has 0 radical (unpaired) electrons. The third-order valence-electron chi connectivity index (χ3n) is 5.84. The lowest BCUT2D eigenvalue weighted by atomic mass is 9.76. The number of benzene rings is 1. The van der Waals surface area contributed by atoms with Gasteiger partial charge in [0.1, 0.15) is 0 Å². The van der Waals surface area contributed by atoms with Crippen molar-refractivity contribution in [3.63, 3.8) is 0 Å². The molecule has 0 aliphatic carbocycles. The van der Waals surface area contributed by atoms with Crippen LogP contribution in [0, 0.1) is 11.8 Å². The van der Waals surface area contributed by atoms with E-state index in [1.807, 2.05) is 6.20 Å². The Kier molecular flexibility index (Phi) is 2.82. The van der Waals surface area contributed by atoms with Gasteiger partial charge in [0.25, 0.3) is 0 Å². The van der Waals surface area contributed by atoms with E-state index in [0.29, 0.717) is 12.5 Å². The fourth-order valence-electron chi connectivity index (χ4n) is 4.70. The minimum Gasteiger partial charge on any atom is -0.396 e. The van der Waals surface area contributed by atoms with Crippen LogP contribution in [-0.4, -0.2) is 34.0 Å². The van der Waals surface area contributed by atoms with E-state index >= 15 is 0 Å². The second-order valence-corrected chi connectivity index (χ2v) is 6.86. The summed E-state index contributed by atoms with van der Waals surface area (Å²) in [5.74, 6) is 0.547. The van der Waals surface area contributed by atoms with E-state index in [0.717, 1.165) is 12.1 Å². The Morgan fingerprint density at radius 3 is 3.00 bits per heavy atom. The van der Waals surface area contributed by atoms with E-state index < -0.39 is 0 Å². The van der Waals surface area contributed by atoms with E-state index in [-0.39, 0.29) is 24.7 Å². The summed E-state index contributed by atoms with van der Waals surface area (Å²) in [6, 6.07) is 11.0. The Hall–Kier alpha value is -1.91. The summed E-state index contributed by atoms with van der Waals surface area (Å²) in [4.78, 5) is 4.67. The van der Waals surface area contributed by atoms with E-state index in [1.54, 1.807) is 0 Å². The van der Waals surface area contributed by atoms with Crippen LogP contribution < -0.4 is 0 Å². The average molecular weight is 308 g/mol. The quantitative estimate of drug-likeness (QED) is 0.752. The molecule has 0 bridgehead atoms. The summed E-state index contributed by atoms with van der Waals surface area (Å²) in [7, 11) is 0. The van der Waals surface area contributed by atoms with Crippen LogP contribution in [0.15, 0.2) is 36.5 Å². The number of aromatic nitrogens is 2. The highest BCUT2D eigenvalue weighted by atomic mass is 16.5. The Morgan fingerprint density at radius 2 is 2.13 bits per heavy atom. The maximum atomic E-state index is 9.90. The molecular formula is C19H20N2O2. The minimum atomic E-state index is 0.101. The number of aliphatic hydroxyl groups is 1. The van der Waals surface area contributed by atoms with Gasteiger partial charge in [0.05, 0.1) is 30.0 Å². The fraction of sp³-hybridized carbons (Fsp3) is 0.421. The molecule has 4 nitrogen and oxygen atoms in total. The van der Waals surface area contributed by atoms with E-state index in [4.69, 9.17) is 4.74 Å². The van der Waals surface area contributed by atoms with Crippen LogP contribution in [0.3, 0.4) is 0 Å². The van der Waals surface area contributed by atoms with Crippen LogP contribution in [0.25, 0.3) is 21.8 Å². The minimum absolute atomic E-state index is 0.101. The number of hydrogen-bond acceptors (Lipinski definition) is 3. The number of fused-ring (bicyclic) bond motifs is 5. The van der Waals surface area contributed by atoms with Crippen molar-refractivity contribution in [3.8, 4) is 0 Å². The van der Waals surface area contributed by atoms with Gasteiger partial charge >= 0.3 is 0 Å². The molecule has 118 valence electrons. The van der Waals surface area contributed by atoms with Crippen LogP contribution >= 0.6 is 0 Å².